The fourth-order valence-corrected chi connectivity index (χ4v) is 3.24. The lowest BCUT2D eigenvalue weighted by Crippen LogP contribution is -1.99. The summed E-state index contributed by atoms with van der Waals surface area (Å²) in [5.41, 5.74) is 3.23. The highest BCUT2D eigenvalue weighted by Gasteiger charge is 2.19. The summed E-state index contributed by atoms with van der Waals surface area (Å²) in [5, 5.41) is 0. The van der Waals surface area contributed by atoms with Crippen molar-refractivity contribution in [2.75, 3.05) is 0 Å². The van der Waals surface area contributed by atoms with Gasteiger partial charge in [-0.2, -0.15) is 0 Å². The zero-order valence-corrected chi connectivity index (χ0v) is 12.0. The molecule has 0 aliphatic heterocycles. The van der Waals surface area contributed by atoms with Crippen molar-refractivity contribution < 1.29 is 0 Å². The predicted octanol–water partition coefficient (Wildman–Crippen LogP) is 5.54. The fraction of sp³-hybridized carbons (Fsp3) is 0.667. The maximum atomic E-state index is 2.32. The largest absolute Gasteiger partial charge is 0.0654 e. The van der Waals surface area contributed by atoms with Crippen molar-refractivity contribution in [2.24, 2.45) is 5.92 Å². The maximum absolute atomic E-state index is 2.32. The van der Waals surface area contributed by atoms with Crippen molar-refractivity contribution in [3.8, 4) is 0 Å². The summed E-state index contributed by atoms with van der Waals surface area (Å²) in [7, 11) is 0. The molecule has 0 radical (unpaired) electrons. The topological polar surface area (TPSA) is 0 Å². The van der Waals surface area contributed by atoms with Crippen LogP contribution < -0.4 is 0 Å². The molecule has 2 rings (SSSR count). The highest BCUT2D eigenvalue weighted by atomic mass is 14.2. The molecule has 0 bridgehead atoms. The van der Waals surface area contributed by atoms with Crippen molar-refractivity contribution in [1.82, 2.24) is 0 Å². The van der Waals surface area contributed by atoms with Gasteiger partial charge in [-0.25, -0.2) is 0 Å². The van der Waals surface area contributed by atoms with Crippen LogP contribution in [0.25, 0.3) is 0 Å². The van der Waals surface area contributed by atoms with E-state index < -0.39 is 0 Å². The van der Waals surface area contributed by atoms with Gasteiger partial charge in [0.2, 0.25) is 0 Å². The Labute approximate surface area is 113 Å². The molecular formula is C18H28. The molecule has 0 saturated carbocycles. The lowest BCUT2D eigenvalue weighted by Gasteiger charge is -2.08. The zero-order valence-electron chi connectivity index (χ0n) is 12.0. The van der Waals surface area contributed by atoms with Gasteiger partial charge >= 0.3 is 0 Å². The van der Waals surface area contributed by atoms with Crippen LogP contribution in [0.5, 0.6) is 0 Å². The lowest BCUT2D eigenvalue weighted by atomic mass is 9.97. The van der Waals surface area contributed by atoms with Crippen LogP contribution in [0, 0.1) is 5.92 Å². The first kappa shape index (κ1) is 13.6. The highest BCUT2D eigenvalue weighted by Crippen LogP contribution is 2.29. The number of hydrogen-bond donors (Lipinski definition) is 0. The van der Waals surface area contributed by atoms with E-state index >= 15 is 0 Å². The Morgan fingerprint density at radius 2 is 1.39 bits per heavy atom. The number of fused-ring (bicyclic) bond motifs is 1. The monoisotopic (exact) mass is 244 g/mol. The van der Waals surface area contributed by atoms with Crippen LogP contribution in [0.2, 0.25) is 0 Å². The summed E-state index contributed by atoms with van der Waals surface area (Å²) >= 11 is 0. The third-order valence-electron chi connectivity index (χ3n) is 4.35. The molecule has 0 atom stereocenters. The Hall–Kier alpha value is -0.780. The van der Waals surface area contributed by atoms with Gasteiger partial charge in [0, 0.05) is 0 Å². The summed E-state index contributed by atoms with van der Waals surface area (Å²) in [5.74, 6) is 0.943. The van der Waals surface area contributed by atoms with Gasteiger partial charge < -0.3 is 0 Å². The van der Waals surface area contributed by atoms with Gasteiger partial charge in [-0.15, -0.1) is 0 Å². The molecule has 0 spiro atoms. The van der Waals surface area contributed by atoms with E-state index in [2.05, 4.69) is 31.2 Å². The first-order valence-corrected chi connectivity index (χ1v) is 7.97. The molecule has 18 heavy (non-hydrogen) atoms. The normalized spacial score (nSPS) is 14.9. The lowest BCUT2D eigenvalue weighted by molar-refractivity contribution is 0.468. The fourth-order valence-electron chi connectivity index (χ4n) is 3.24. The van der Waals surface area contributed by atoms with Crippen LogP contribution in [0.4, 0.5) is 0 Å². The molecular weight excluding hydrogens is 216 g/mol. The van der Waals surface area contributed by atoms with E-state index in [0.29, 0.717) is 0 Å². The zero-order chi connectivity index (χ0) is 12.6. The minimum Gasteiger partial charge on any atom is -0.0654 e. The Balaban J connectivity index is 1.54. The van der Waals surface area contributed by atoms with Gasteiger partial charge in [0.25, 0.3) is 0 Å². The average Bonchev–Trinajstić information content (AvgIpc) is 2.80. The van der Waals surface area contributed by atoms with E-state index in [0.717, 1.165) is 5.92 Å². The molecule has 0 fully saturated rings. The number of rotatable bonds is 8. The molecule has 1 aromatic rings. The van der Waals surface area contributed by atoms with Crippen molar-refractivity contribution in [3.63, 3.8) is 0 Å². The van der Waals surface area contributed by atoms with E-state index in [9.17, 15) is 0 Å². The van der Waals surface area contributed by atoms with Crippen LogP contribution in [0.1, 0.15) is 69.4 Å². The Morgan fingerprint density at radius 1 is 0.833 bits per heavy atom. The Morgan fingerprint density at radius 3 is 2.00 bits per heavy atom. The molecule has 0 heteroatoms. The Bertz CT molecular complexity index is 315. The van der Waals surface area contributed by atoms with Crippen LogP contribution in [-0.2, 0) is 12.8 Å². The maximum Gasteiger partial charge on any atom is -0.0244 e. The van der Waals surface area contributed by atoms with E-state index in [4.69, 9.17) is 0 Å². The van der Waals surface area contributed by atoms with Crippen molar-refractivity contribution in [2.45, 2.75) is 71.1 Å². The first-order valence-electron chi connectivity index (χ1n) is 7.97. The molecule has 0 N–H and O–H groups in total. The van der Waals surface area contributed by atoms with Crippen LogP contribution in [0.15, 0.2) is 24.3 Å². The second kappa shape index (κ2) is 7.61. The van der Waals surface area contributed by atoms with Crippen molar-refractivity contribution in [1.29, 1.82) is 0 Å². The molecule has 1 aliphatic rings. The Kier molecular flexibility index (Phi) is 5.77. The van der Waals surface area contributed by atoms with Gasteiger partial charge in [-0.1, -0.05) is 76.1 Å². The summed E-state index contributed by atoms with van der Waals surface area (Å²) < 4.78 is 0. The first-order chi connectivity index (χ1) is 8.90. The van der Waals surface area contributed by atoms with Gasteiger partial charge in [0.1, 0.15) is 0 Å². The summed E-state index contributed by atoms with van der Waals surface area (Å²) in [6.07, 6.45) is 14.2. The molecule has 1 aliphatic carbocycles. The second-order valence-corrected chi connectivity index (χ2v) is 5.95. The van der Waals surface area contributed by atoms with Crippen LogP contribution in [0.3, 0.4) is 0 Å². The molecule has 0 unspecified atom stereocenters. The van der Waals surface area contributed by atoms with E-state index in [1.165, 1.54) is 64.2 Å². The van der Waals surface area contributed by atoms with Crippen molar-refractivity contribution in [3.05, 3.63) is 35.4 Å². The molecule has 1 aromatic carbocycles. The molecule has 100 valence electrons. The third kappa shape index (κ3) is 4.15. The van der Waals surface area contributed by atoms with Gasteiger partial charge in [0.15, 0.2) is 0 Å². The summed E-state index contributed by atoms with van der Waals surface area (Å²) in [4.78, 5) is 0. The smallest absolute Gasteiger partial charge is 0.0244 e. The molecule has 0 nitrogen and oxygen atoms in total. The predicted molar refractivity (Wildman–Crippen MR) is 80.0 cm³/mol. The van der Waals surface area contributed by atoms with Crippen LogP contribution >= 0.6 is 0 Å². The SMILES string of the molecule is CCCCCCCCCC1Cc2ccccc2C1. The quantitative estimate of drug-likeness (QED) is 0.526. The van der Waals surface area contributed by atoms with Crippen LogP contribution in [-0.4, -0.2) is 0 Å². The molecule has 0 amide bonds. The minimum atomic E-state index is 0.943. The van der Waals surface area contributed by atoms with Crippen molar-refractivity contribution >= 4 is 0 Å². The minimum absolute atomic E-state index is 0.943. The highest BCUT2D eigenvalue weighted by molar-refractivity contribution is 5.31. The molecule has 0 aromatic heterocycles. The van der Waals surface area contributed by atoms with Gasteiger partial charge in [-0.3, -0.25) is 0 Å². The van der Waals surface area contributed by atoms with E-state index in [-0.39, 0.29) is 0 Å². The van der Waals surface area contributed by atoms with E-state index in [1.54, 1.807) is 11.1 Å². The molecule has 0 saturated heterocycles. The number of benzene rings is 1. The standard InChI is InChI=1S/C18H28/c1-2-3-4-5-6-7-8-11-16-14-17-12-9-10-13-18(17)15-16/h9-10,12-13,16H,2-8,11,14-15H2,1H3. The summed E-state index contributed by atoms with van der Waals surface area (Å²) in [6.45, 7) is 2.29. The average molecular weight is 244 g/mol. The number of hydrogen-bond acceptors (Lipinski definition) is 0. The van der Waals surface area contributed by atoms with Gasteiger partial charge in [-0.05, 0) is 36.3 Å². The van der Waals surface area contributed by atoms with Gasteiger partial charge in [0.05, 0.1) is 0 Å². The summed E-state index contributed by atoms with van der Waals surface area (Å²) in [6, 6.07) is 9.02. The molecule has 0 heterocycles. The number of unbranched alkanes of at least 4 members (excludes halogenated alkanes) is 6. The van der Waals surface area contributed by atoms with E-state index in [1.807, 2.05) is 0 Å². The third-order valence-corrected chi connectivity index (χ3v) is 4.35. The second-order valence-electron chi connectivity index (χ2n) is 5.95.